The predicted molar refractivity (Wildman–Crippen MR) is 76.8 cm³/mol. The Kier molecular flexibility index (Phi) is 4.23. The number of amides is 1. The minimum Gasteiger partial charge on any atom is -0.508 e. The molecular formula is C15H12FN3O3. The van der Waals surface area contributed by atoms with Crippen LogP contribution in [-0.2, 0) is 11.3 Å². The van der Waals surface area contributed by atoms with Crippen molar-refractivity contribution >= 4 is 11.6 Å². The van der Waals surface area contributed by atoms with E-state index in [0.29, 0.717) is 5.69 Å². The summed E-state index contributed by atoms with van der Waals surface area (Å²) in [6.07, 6.45) is 0. The summed E-state index contributed by atoms with van der Waals surface area (Å²) in [5.41, 5.74) is -0.00958. The third kappa shape index (κ3) is 3.30. The van der Waals surface area contributed by atoms with Gasteiger partial charge in [0.1, 0.15) is 24.2 Å². The first kappa shape index (κ1) is 15.3. The maximum Gasteiger partial charge on any atom is 0.254 e. The van der Waals surface area contributed by atoms with Gasteiger partial charge in [0, 0.05) is 17.4 Å². The predicted octanol–water partition coefficient (Wildman–Crippen LogP) is 1.51. The first-order valence-electron chi connectivity index (χ1n) is 6.30. The first-order valence-corrected chi connectivity index (χ1v) is 6.30. The van der Waals surface area contributed by atoms with Gasteiger partial charge >= 0.3 is 0 Å². The van der Waals surface area contributed by atoms with Crippen LogP contribution in [0.15, 0.2) is 35.1 Å². The van der Waals surface area contributed by atoms with Crippen molar-refractivity contribution in [3.05, 3.63) is 57.8 Å². The van der Waals surface area contributed by atoms with Crippen molar-refractivity contribution in [2.75, 3.05) is 5.32 Å². The van der Waals surface area contributed by atoms with Crippen LogP contribution in [0.4, 0.5) is 10.1 Å². The van der Waals surface area contributed by atoms with E-state index in [0.717, 1.165) is 12.1 Å². The van der Waals surface area contributed by atoms with Crippen LogP contribution in [0, 0.1) is 24.1 Å². The molecule has 0 saturated heterocycles. The van der Waals surface area contributed by atoms with Crippen molar-refractivity contribution in [2.45, 2.75) is 13.5 Å². The summed E-state index contributed by atoms with van der Waals surface area (Å²) in [7, 11) is 0. The molecule has 2 aromatic rings. The van der Waals surface area contributed by atoms with E-state index in [1.165, 1.54) is 22.8 Å². The molecular weight excluding hydrogens is 289 g/mol. The molecule has 22 heavy (non-hydrogen) atoms. The van der Waals surface area contributed by atoms with E-state index < -0.39 is 17.3 Å². The second-order valence-corrected chi connectivity index (χ2v) is 4.63. The highest BCUT2D eigenvalue weighted by Gasteiger charge is 2.10. The molecule has 0 radical (unpaired) electrons. The number of carbonyl (C=O) groups excluding carboxylic acids is 1. The summed E-state index contributed by atoms with van der Waals surface area (Å²) >= 11 is 0. The average Bonchev–Trinajstić information content (AvgIpc) is 2.45. The number of nitrogens with zero attached hydrogens (tertiary/aromatic N) is 2. The highest BCUT2D eigenvalue weighted by atomic mass is 19.1. The van der Waals surface area contributed by atoms with Crippen molar-refractivity contribution in [1.82, 2.24) is 4.57 Å². The van der Waals surface area contributed by atoms with E-state index in [2.05, 4.69) is 5.32 Å². The average molecular weight is 301 g/mol. The molecule has 0 aliphatic carbocycles. The second kappa shape index (κ2) is 6.10. The third-order valence-corrected chi connectivity index (χ3v) is 2.99. The summed E-state index contributed by atoms with van der Waals surface area (Å²) < 4.78 is 14.4. The number of anilines is 1. The lowest BCUT2D eigenvalue weighted by Crippen LogP contribution is -2.28. The maximum absolute atomic E-state index is 13.2. The molecule has 2 rings (SSSR count). The molecule has 1 aromatic carbocycles. The monoisotopic (exact) mass is 301 g/mol. The molecule has 0 atom stereocenters. The van der Waals surface area contributed by atoms with Crippen molar-refractivity contribution < 1.29 is 14.3 Å². The Morgan fingerprint density at radius 1 is 1.41 bits per heavy atom. The van der Waals surface area contributed by atoms with Crippen molar-refractivity contribution in [1.29, 1.82) is 5.26 Å². The van der Waals surface area contributed by atoms with E-state index in [1.54, 1.807) is 13.0 Å². The Morgan fingerprint density at radius 2 is 2.14 bits per heavy atom. The van der Waals surface area contributed by atoms with Crippen molar-refractivity contribution in [3.8, 4) is 11.8 Å². The van der Waals surface area contributed by atoms with Gasteiger partial charge in [-0.2, -0.15) is 5.26 Å². The normalized spacial score (nSPS) is 10.0. The lowest BCUT2D eigenvalue weighted by atomic mass is 10.2. The number of pyridine rings is 1. The SMILES string of the molecule is Cc1cc(O)cc(=O)n1CC(=O)Nc1ccc(F)c(C#N)c1. The fraction of sp³-hybridized carbons (Fsp3) is 0.133. The first-order chi connectivity index (χ1) is 10.4. The van der Waals surface area contributed by atoms with Crippen molar-refractivity contribution in [2.24, 2.45) is 0 Å². The van der Waals surface area contributed by atoms with E-state index >= 15 is 0 Å². The molecule has 1 aromatic heterocycles. The van der Waals surface area contributed by atoms with Crippen LogP contribution in [0.1, 0.15) is 11.3 Å². The van der Waals surface area contributed by atoms with E-state index in [-0.39, 0.29) is 23.5 Å². The van der Waals surface area contributed by atoms with E-state index in [4.69, 9.17) is 5.26 Å². The number of nitriles is 1. The number of aromatic hydroxyl groups is 1. The summed E-state index contributed by atoms with van der Waals surface area (Å²) in [4.78, 5) is 23.7. The fourth-order valence-corrected chi connectivity index (χ4v) is 1.95. The molecule has 1 heterocycles. The van der Waals surface area contributed by atoms with Gasteiger partial charge in [0.2, 0.25) is 5.91 Å². The Hall–Kier alpha value is -3.14. The summed E-state index contributed by atoms with van der Waals surface area (Å²) in [6.45, 7) is 1.32. The smallest absolute Gasteiger partial charge is 0.254 e. The van der Waals surface area contributed by atoms with Gasteiger partial charge in [-0.15, -0.1) is 0 Å². The number of benzene rings is 1. The molecule has 0 bridgehead atoms. The number of halogens is 1. The van der Waals surface area contributed by atoms with Gasteiger partial charge in [0.25, 0.3) is 5.56 Å². The minimum absolute atomic E-state index is 0.170. The highest BCUT2D eigenvalue weighted by molar-refractivity contribution is 5.90. The Morgan fingerprint density at radius 3 is 2.77 bits per heavy atom. The summed E-state index contributed by atoms with van der Waals surface area (Å²) in [6, 6.07) is 7.64. The zero-order chi connectivity index (χ0) is 16.3. The van der Waals surface area contributed by atoms with Crippen LogP contribution in [0.3, 0.4) is 0 Å². The van der Waals surface area contributed by atoms with Crippen LogP contribution in [0.5, 0.6) is 5.75 Å². The number of aryl methyl sites for hydroxylation is 1. The lowest BCUT2D eigenvalue weighted by Gasteiger charge is -2.10. The number of carbonyl (C=O) groups is 1. The minimum atomic E-state index is -0.675. The molecule has 2 N–H and O–H groups in total. The Labute approximate surface area is 125 Å². The molecule has 0 saturated carbocycles. The highest BCUT2D eigenvalue weighted by Crippen LogP contribution is 2.14. The molecule has 0 fully saturated rings. The third-order valence-electron chi connectivity index (χ3n) is 2.99. The van der Waals surface area contributed by atoms with Gasteiger partial charge < -0.3 is 15.0 Å². The molecule has 0 aliphatic rings. The number of hydrogen-bond donors (Lipinski definition) is 2. The van der Waals surface area contributed by atoms with Gasteiger partial charge in [0.15, 0.2) is 0 Å². The second-order valence-electron chi connectivity index (χ2n) is 4.63. The summed E-state index contributed by atoms with van der Waals surface area (Å²) in [5.74, 6) is -1.35. The number of aromatic nitrogens is 1. The number of hydrogen-bond acceptors (Lipinski definition) is 4. The molecule has 1 amide bonds. The number of rotatable bonds is 3. The topological polar surface area (TPSA) is 95.1 Å². The van der Waals surface area contributed by atoms with Crippen LogP contribution in [-0.4, -0.2) is 15.6 Å². The molecule has 0 aliphatic heterocycles. The van der Waals surface area contributed by atoms with Gasteiger partial charge in [-0.1, -0.05) is 0 Å². The number of nitrogens with one attached hydrogen (secondary N) is 1. The summed E-state index contributed by atoms with van der Waals surface area (Å²) in [5, 5.41) is 20.5. The Bertz CT molecular complexity index is 837. The quantitative estimate of drug-likeness (QED) is 0.898. The molecule has 7 heteroatoms. The van der Waals surface area contributed by atoms with Crippen molar-refractivity contribution in [3.63, 3.8) is 0 Å². The van der Waals surface area contributed by atoms with Crippen LogP contribution < -0.4 is 10.9 Å². The molecule has 0 spiro atoms. The van der Waals surface area contributed by atoms with Gasteiger partial charge in [-0.3, -0.25) is 9.59 Å². The van der Waals surface area contributed by atoms with Crippen LogP contribution in [0.25, 0.3) is 0 Å². The lowest BCUT2D eigenvalue weighted by molar-refractivity contribution is -0.116. The van der Waals surface area contributed by atoms with Gasteiger partial charge in [-0.25, -0.2) is 4.39 Å². The van der Waals surface area contributed by atoms with E-state index in [1.807, 2.05) is 0 Å². The van der Waals surface area contributed by atoms with E-state index in [9.17, 15) is 19.1 Å². The molecule has 0 unspecified atom stereocenters. The molecule has 6 nitrogen and oxygen atoms in total. The van der Waals surface area contributed by atoms with Crippen LogP contribution in [0.2, 0.25) is 0 Å². The standard InChI is InChI=1S/C15H12FN3O3/c1-9-4-12(20)6-15(22)19(9)8-14(21)18-11-2-3-13(16)10(5-11)7-17/h2-6,20H,8H2,1H3,(H,18,21). The largest absolute Gasteiger partial charge is 0.508 e. The maximum atomic E-state index is 13.2. The zero-order valence-corrected chi connectivity index (χ0v) is 11.6. The van der Waals surface area contributed by atoms with Crippen LogP contribution >= 0.6 is 0 Å². The zero-order valence-electron chi connectivity index (χ0n) is 11.6. The Balaban J connectivity index is 2.18. The van der Waals surface area contributed by atoms with Gasteiger partial charge in [0.05, 0.1) is 5.56 Å². The van der Waals surface area contributed by atoms with Gasteiger partial charge in [-0.05, 0) is 31.2 Å². The molecule has 112 valence electrons. The fourth-order valence-electron chi connectivity index (χ4n) is 1.95.